The zero-order chi connectivity index (χ0) is 13.2. The number of hydrogen-bond acceptors (Lipinski definition) is 0. The van der Waals surface area contributed by atoms with E-state index in [-0.39, 0.29) is 5.82 Å². The smallest absolute Gasteiger partial charge is 0.125 e. The van der Waals surface area contributed by atoms with E-state index < -0.39 is 0 Å². The topological polar surface area (TPSA) is 15.8 Å². The van der Waals surface area contributed by atoms with Gasteiger partial charge in [-0.1, -0.05) is 35.9 Å². The number of hydrogen-bond donors (Lipinski definition) is 1. The van der Waals surface area contributed by atoms with Crippen LogP contribution in [0.15, 0.2) is 48.7 Å². The van der Waals surface area contributed by atoms with Crippen LogP contribution in [0.25, 0.3) is 23.1 Å². The molecule has 0 aliphatic rings. The van der Waals surface area contributed by atoms with Crippen molar-refractivity contribution in [2.45, 2.75) is 0 Å². The van der Waals surface area contributed by atoms with E-state index in [2.05, 4.69) is 4.98 Å². The molecular formula is C16H11ClFN. The number of benzene rings is 2. The van der Waals surface area contributed by atoms with Crippen LogP contribution in [0, 0.1) is 5.82 Å². The van der Waals surface area contributed by atoms with Crippen LogP contribution in [0.5, 0.6) is 0 Å². The Hall–Kier alpha value is -2.06. The maximum atomic E-state index is 13.1. The van der Waals surface area contributed by atoms with Crippen molar-refractivity contribution in [1.82, 2.24) is 4.98 Å². The van der Waals surface area contributed by atoms with E-state index in [9.17, 15) is 4.39 Å². The fourth-order valence-electron chi connectivity index (χ4n) is 2.06. The lowest BCUT2D eigenvalue weighted by Crippen LogP contribution is -1.74. The van der Waals surface area contributed by atoms with Gasteiger partial charge in [-0.2, -0.15) is 0 Å². The first-order valence-corrected chi connectivity index (χ1v) is 6.30. The molecule has 0 atom stereocenters. The average molecular weight is 272 g/mol. The Kier molecular flexibility index (Phi) is 3.10. The van der Waals surface area contributed by atoms with E-state index >= 15 is 0 Å². The molecule has 19 heavy (non-hydrogen) atoms. The summed E-state index contributed by atoms with van der Waals surface area (Å²) >= 11 is 5.94. The van der Waals surface area contributed by atoms with Crippen molar-refractivity contribution in [1.29, 1.82) is 0 Å². The fraction of sp³-hybridized carbons (Fsp3) is 0. The number of rotatable bonds is 2. The molecule has 3 heteroatoms. The Labute approximate surface area is 115 Å². The van der Waals surface area contributed by atoms with Crippen LogP contribution in [-0.2, 0) is 0 Å². The third-order valence-corrected chi connectivity index (χ3v) is 3.21. The summed E-state index contributed by atoms with van der Waals surface area (Å²) in [5, 5.41) is 1.71. The second kappa shape index (κ2) is 4.90. The first-order chi connectivity index (χ1) is 9.22. The molecule has 0 fully saturated rings. The van der Waals surface area contributed by atoms with Crippen molar-refractivity contribution in [2.24, 2.45) is 0 Å². The molecule has 2 aromatic carbocycles. The van der Waals surface area contributed by atoms with Crippen LogP contribution in [0.1, 0.15) is 11.1 Å². The van der Waals surface area contributed by atoms with Gasteiger partial charge in [0.25, 0.3) is 0 Å². The van der Waals surface area contributed by atoms with Gasteiger partial charge >= 0.3 is 0 Å². The maximum absolute atomic E-state index is 13.1. The number of fused-ring (bicyclic) bond motifs is 1. The SMILES string of the molecule is Fc1ccc2c(/C=C/c3cccc(Cl)c3)c[nH]c2c1. The quantitative estimate of drug-likeness (QED) is 0.665. The summed E-state index contributed by atoms with van der Waals surface area (Å²) in [4.78, 5) is 3.06. The zero-order valence-corrected chi connectivity index (χ0v) is 10.8. The Morgan fingerprint density at radius 2 is 1.95 bits per heavy atom. The van der Waals surface area contributed by atoms with Crippen molar-refractivity contribution in [3.8, 4) is 0 Å². The molecule has 3 aromatic rings. The van der Waals surface area contributed by atoms with Gasteiger partial charge in [-0.3, -0.25) is 0 Å². The van der Waals surface area contributed by atoms with Crippen molar-refractivity contribution in [3.63, 3.8) is 0 Å². The number of halogens is 2. The lowest BCUT2D eigenvalue weighted by Gasteiger charge is -1.95. The highest BCUT2D eigenvalue weighted by Crippen LogP contribution is 2.21. The van der Waals surface area contributed by atoms with Gasteiger partial charge in [0.05, 0.1) is 0 Å². The van der Waals surface area contributed by atoms with E-state index in [1.165, 1.54) is 12.1 Å². The predicted molar refractivity (Wildman–Crippen MR) is 78.6 cm³/mol. The fourth-order valence-corrected chi connectivity index (χ4v) is 2.25. The third kappa shape index (κ3) is 2.54. The summed E-state index contributed by atoms with van der Waals surface area (Å²) in [6, 6.07) is 12.4. The van der Waals surface area contributed by atoms with Gasteiger partial charge in [0.2, 0.25) is 0 Å². The standard InChI is InChI=1S/C16H11ClFN/c17-13-3-1-2-11(8-13)4-5-12-10-19-16-9-14(18)6-7-15(12)16/h1-10,19H/b5-4+. The Morgan fingerprint density at radius 1 is 1.05 bits per heavy atom. The molecular weight excluding hydrogens is 261 g/mol. The van der Waals surface area contributed by atoms with Crippen molar-refractivity contribution >= 4 is 34.7 Å². The predicted octanol–water partition coefficient (Wildman–Crippen LogP) is 5.13. The van der Waals surface area contributed by atoms with E-state index in [1.54, 1.807) is 6.07 Å². The van der Waals surface area contributed by atoms with Crippen LogP contribution in [-0.4, -0.2) is 4.98 Å². The van der Waals surface area contributed by atoms with Gasteiger partial charge in [-0.25, -0.2) is 4.39 Å². The molecule has 0 radical (unpaired) electrons. The molecule has 0 aliphatic carbocycles. The van der Waals surface area contributed by atoms with Gasteiger partial charge in [-0.05, 0) is 41.5 Å². The first-order valence-electron chi connectivity index (χ1n) is 5.93. The Morgan fingerprint density at radius 3 is 2.79 bits per heavy atom. The molecule has 1 N–H and O–H groups in total. The minimum Gasteiger partial charge on any atom is -0.360 e. The van der Waals surface area contributed by atoms with Crippen LogP contribution in [0.2, 0.25) is 5.02 Å². The number of nitrogens with one attached hydrogen (secondary N) is 1. The molecule has 0 saturated heterocycles. The van der Waals surface area contributed by atoms with Gasteiger partial charge < -0.3 is 4.98 Å². The summed E-state index contributed by atoms with van der Waals surface area (Å²) in [5.74, 6) is -0.236. The molecule has 1 aromatic heterocycles. The molecule has 0 saturated carbocycles. The molecule has 0 aliphatic heterocycles. The van der Waals surface area contributed by atoms with Gasteiger partial charge in [0, 0.05) is 22.1 Å². The lowest BCUT2D eigenvalue weighted by molar-refractivity contribution is 0.629. The minimum atomic E-state index is -0.236. The highest BCUT2D eigenvalue weighted by Gasteiger charge is 2.01. The van der Waals surface area contributed by atoms with Crippen LogP contribution < -0.4 is 0 Å². The van der Waals surface area contributed by atoms with Crippen LogP contribution >= 0.6 is 11.6 Å². The summed E-state index contributed by atoms with van der Waals surface area (Å²) in [7, 11) is 0. The van der Waals surface area contributed by atoms with Gasteiger partial charge in [0.1, 0.15) is 5.82 Å². The Bertz CT molecular complexity index is 758. The molecule has 0 spiro atoms. The second-order valence-electron chi connectivity index (χ2n) is 4.32. The van der Waals surface area contributed by atoms with Crippen LogP contribution in [0.3, 0.4) is 0 Å². The number of aromatic amines is 1. The molecule has 0 amide bonds. The van der Waals surface area contributed by atoms with Gasteiger partial charge in [0.15, 0.2) is 0 Å². The molecule has 1 nitrogen and oxygen atoms in total. The van der Waals surface area contributed by atoms with Crippen molar-refractivity contribution < 1.29 is 4.39 Å². The van der Waals surface area contributed by atoms with E-state index in [0.717, 1.165) is 22.0 Å². The van der Waals surface area contributed by atoms with E-state index in [0.29, 0.717) is 5.02 Å². The Balaban J connectivity index is 1.97. The van der Waals surface area contributed by atoms with Crippen molar-refractivity contribution in [3.05, 3.63) is 70.6 Å². The number of aromatic nitrogens is 1. The molecule has 1 heterocycles. The van der Waals surface area contributed by atoms with Crippen LogP contribution in [0.4, 0.5) is 4.39 Å². The second-order valence-corrected chi connectivity index (χ2v) is 4.76. The summed E-state index contributed by atoms with van der Waals surface area (Å²) in [6.45, 7) is 0. The monoisotopic (exact) mass is 271 g/mol. The minimum absolute atomic E-state index is 0.236. The molecule has 0 unspecified atom stereocenters. The van der Waals surface area contributed by atoms with Gasteiger partial charge in [-0.15, -0.1) is 0 Å². The number of H-pyrrole nitrogens is 1. The largest absolute Gasteiger partial charge is 0.360 e. The average Bonchev–Trinajstić information content (AvgIpc) is 2.78. The highest BCUT2D eigenvalue weighted by molar-refractivity contribution is 6.30. The maximum Gasteiger partial charge on any atom is 0.125 e. The molecule has 0 bridgehead atoms. The summed E-state index contributed by atoms with van der Waals surface area (Å²) in [5.41, 5.74) is 2.85. The van der Waals surface area contributed by atoms with E-state index in [1.807, 2.05) is 42.6 Å². The first kappa shape index (κ1) is 12.0. The normalized spacial score (nSPS) is 11.5. The molecule has 3 rings (SSSR count). The van der Waals surface area contributed by atoms with Crippen molar-refractivity contribution in [2.75, 3.05) is 0 Å². The lowest BCUT2D eigenvalue weighted by atomic mass is 10.1. The molecule has 94 valence electrons. The summed E-state index contributed by atoms with van der Waals surface area (Å²) in [6.07, 6.45) is 5.84. The summed E-state index contributed by atoms with van der Waals surface area (Å²) < 4.78 is 13.1. The zero-order valence-electron chi connectivity index (χ0n) is 10.0. The highest BCUT2D eigenvalue weighted by atomic mass is 35.5. The van der Waals surface area contributed by atoms with E-state index in [4.69, 9.17) is 11.6 Å². The third-order valence-electron chi connectivity index (χ3n) is 2.98.